The molecule has 1 spiro atoms. The Kier molecular flexibility index (Phi) is 9.75. The average Bonchev–Trinajstić information content (AvgIpc) is 3.38. The molecule has 0 saturated carbocycles. The molecule has 2 heterocycles. The number of amides is 2. The number of nitrogens with one attached hydrogen (secondary N) is 2. The van der Waals surface area contributed by atoms with E-state index in [-0.39, 0.29) is 12.2 Å². The minimum absolute atomic E-state index is 0.00785. The summed E-state index contributed by atoms with van der Waals surface area (Å²) in [6, 6.07) is -0.364. The van der Waals surface area contributed by atoms with Gasteiger partial charge in [-0.25, -0.2) is 9.59 Å². The molecule has 2 aliphatic heterocycles. The molecule has 1 saturated heterocycles. The molecule has 17 nitrogen and oxygen atoms in total. The molecule has 266 valence electrons. The van der Waals surface area contributed by atoms with Crippen LogP contribution >= 0.6 is 0 Å². The lowest BCUT2D eigenvalue weighted by Crippen LogP contribution is -2.75. The molecule has 49 heavy (non-hydrogen) atoms. The van der Waals surface area contributed by atoms with E-state index >= 15 is 0 Å². The topological polar surface area (TPSA) is 259 Å². The second-order valence-corrected chi connectivity index (χ2v) is 12.9. The number of aliphatic carboxylic acids is 2. The highest BCUT2D eigenvalue weighted by Crippen LogP contribution is 2.65. The minimum atomic E-state index is -1.72. The van der Waals surface area contributed by atoms with Crippen LogP contribution in [0.15, 0.2) is 24.0 Å². The lowest BCUT2D eigenvalue weighted by molar-refractivity contribution is -0.207. The van der Waals surface area contributed by atoms with E-state index < -0.39 is 103 Å². The van der Waals surface area contributed by atoms with Crippen LogP contribution in [0.25, 0.3) is 0 Å². The molecule has 17 heteroatoms. The number of esters is 2. The van der Waals surface area contributed by atoms with E-state index in [1.807, 2.05) is 18.0 Å². The van der Waals surface area contributed by atoms with Gasteiger partial charge in [-0.1, -0.05) is 12.1 Å². The highest BCUT2D eigenvalue weighted by molar-refractivity contribution is 5.90. The first-order chi connectivity index (χ1) is 23.1. The van der Waals surface area contributed by atoms with Crippen molar-refractivity contribution >= 4 is 35.7 Å². The molecule has 5 rings (SSSR count). The van der Waals surface area contributed by atoms with Crippen LogP contribution in [0.2, 0.25) is 0 Å². The number of aliphatic hydroxyl groups excluding tert-OH is 3. The maximum Gasteiger partial charge on any atom is 0.326 e. The van der Waals surface area contributed by atoms with Gasteiger partial charge < -0.3 is 50.4 Å². The summed E-state index contributed by atoms with van der Waals surface area (Å²) < 4.78 is 18.6. The Bertz CT molecular complexity index is 1610. The number of likely N-dealkylation sites (tertiary alicyclic amines) is 1. The van der Waals surface area contributed by atoms with Crippen LogP contribution in [0.5, 0.6) is 5.75 Å². The van der Waals surface area contributed by atoms with Gasteiger partial charge in [-0.2, -0.15) is 0 Å². The number of hydrogen-bond acceptors (Lipinski definition) is 13. The molecule has 2 amide bonds. The van der Waals surface area contributed by atoms with Crippen LogP contribution in [0.4, 0.5) is 0 Å². The Morgan fingerprint density at radius 3 is 2.12 bits per heavy atom. The summed E-state index contributed by atoms with van der Waals surface area (Å²) in [6.45, 7) is 2.34. The number of nitrogens with zero attached hydrogens (tertiary/aromatic N) is 1. The van der Waals surface area contributed by atoms with Gasteiger partial charge in [0.05, 0.1) is 30.9 Å². The average molecular weight is 690 g/mol. The van der Waals surface area contributed by atoms with Gasteiger partial charge in [0.25, 0.3) is 0 Å². The first-order valence-electron chi connectivity index (χ1n) is 15.7. The number of benzene rings is 1. The smallest absolute Gasteiger partial charge is 0.326 e. The zero-order chi connectivity index (χ0) is 36.0. The van der Waals surface area contributed by atoms with Gasteiger partial charge in [-0.3, -0.25) is 24.1 Å². The lowest BCUT2D eigenvalue weighted by Gasteiger charge is -2.62. The summed E-state index contributed by atoms with van der Waals surface area (Å²) in [7, 11) is 1.85. The minimum Gasteiger partial charge on any atom is -0.481 e. The van der Waals surface area contributed by atoms with Crippen molar-refractivity contribution in [3.63, 3.8) is 0 Å². The van der Waals surface area contributed by atoms with E-state index in [0.717, 1.165) is 19.4 Å². The SMILES string of the molecule is C[C@H](O)C(=O)N[C@@H](CC(=O)OC1=CC[C@@]2(OC(=O)C[C@H](NC(=O)[C@H](C)O)C(=O)O)[C@H]3Cc4ccc(CO)c5c4C2(CCN3C)C1O5)C(=O)O. The van der Waals surface area contributed by atoms with Crippen LogP contribution in [-0.4, -0.2) is 122 Å². The summed E-state index contributed by atoms with van der Waals surface area (Å²) >= 11 is 0. The first kappa shape index (κ1) is 35.7. The number of ether oxygens (including phenoxy) is 3. The van der Waals surface area contributed by atoms with Crippen LogP contribution in [0.3, 0.4) is 0 Å². The summed E-state index contributed by atoms with van der Waals surface area (Å²) in [5, 5.41) is 52.8. The maximum absolute atomic E-state index is 13.7. The number of piperidine rings is 1. The van der Waals surface area contributed by atoms with E-state index in [4.69, 9.17) is 14.2 Å². The highest BCUT2D eigenvalue weighted by Gasteiger charge is 2.74. The summed E-state index contributed by atoms with van der Waals surface area (Å²) in [5.74, 6) is -6.74. The molecule has 2 bridgehead atoms. The van der Waals surface area contributed by atoms with Crippen molar-refractivity contribution in [1.29, 1.82) is 0 Å². The van der Waals surface area contributed by atoms with Gasteiger partial charge in [0.1, 0.15) is 41.4 Å². The molecular formula is C32H39N3O14. The Balaban J connectivity index is 1.53. The van der Waals surface area contributed by atoms with Crippen molar-refractivity contribution in [2.45, 2.75) is 100 Å². The zero-order valence-electron chi connectivity index (χ0n) is 27.0. The number of aliphatic hydroxyl groups is 3. The fourth-order valence-electron chi connectivity index (χ4n) is 7.54. The molecule has 4 aliphatic rings. The van der Waals surface area contributed by atoms with Crippen molar-refractivity contribution in [3.05, 3.63) is 40.7 Å². The highest BCUT2D eigenvalue weighted by atomic mass is 16.6. The number of carboxylic acids is 2. The van der Waals surface area contributed by atoms with E-state index in [1.54, 1.807) is 6.07 Å². The normalized spacial score (nSPS) is 27.2. The molecule has 2 unspecified atom stereocenters. The van der Waals surface area contributed by atoms with Gasteiger partial charge in [0.15, 0.2) is 6.10 Å². The summed E-state index contributed by atoms with van der Waals surface area (Å²) in [5.41, 5.74) is -0.732. The monoisotopic (exact) mass is 689 g/mol. The van der Waals surface area contributed by atoms with Gasteiger partial charge in [-0.15, -0.1) is 0 Å². The fourth-order valence-corrected chi connectivity index (χ4v) is 7.54. The van der Waals surface area contributed by atoms with Crippen molar-refractivity contribution in [2.75, 3.05) is 13.6 Å². The molecule has 1 aromatic carbocycles. The Morgan fingerprint density at radius 1 is 0.980 bits per heavy atom. The zero-order valence-corrected chi connectivity index (χ0v) is 27.0. The van der Waals surface area contributed by atoms with E-state index in [1.165, 1.54) is 6.08 Å². The van der Waals surface area contributed by atoms with Crippen LogP contribution in [0.1, 0.15) is 56.2 Å². The van der Waals surface area contributed by atoms with Crippen LogP contribution in [0, 0.1) is 0 Å². The number of rotatable bonds is 13. The number of carboxylic acid groups (broad SMARTS) is 2. The predicted octanol–water partition coefficient (Wildman–Crippen LogP) is -1.77. The van der Waals surface area contributed by atoms with Crippen molar-refractivity contribution in [2.24, 2.45) is 0 Å². The largest absolute Gasteiger partial charge is 0.481 e. The molecule has 1 aromatic rings. The molecular weight excluding hydrogens is 650 g/mol. The molecule has 8 atom stereocenters. The van der Waals surface area contributed by atoms with Gasteiger partial charge in [0, 0.05) is 17.5 Å². The summed E-state index contributed by atoms with van der Waals surface area (Å²) in [6.07, 6.45) is -3.63. The van der Waals surface area contributed by atoms with Gasteiger partial charge in [-0.05, 0) is 51.9 Å². The van der Waals surface area contributed by atoms with E-state index in [0.29, 0.717) is 36.3 Å². The predicted molar refractivity (Wildman–Crippen MR) is 163 cm³/mol. The molecule has 1 fully saturated rings. The number of likely N-dealkylation sites (N-methyl/N-ethyl adjacent to an activating group) is 1. The van der Waals surface area contributed by atoms with Crippen LogP contribution < -0.4 is 15.4 Å². The van der Waals surface area contributed by atoms with Gasteiger partial charge >= 0.3 is 23.9 Å². The third-order valence-electron chi connectivity index (χ3n) is 9.85. The van der Waals surface area contributed by atoms with Crippen molar-refractivity contribution in [3.8, 4) is 5.75 Å². The second-order valence-electron chi connectivity index (χ2n) is 12.9. The van der Waals surface area contributed by atoms with Gasteiger partial charge in [0.2, 0.25) is 11.8 Å². The standard InChI is InChI=1S/C32H39N3O14/c1-14(37)27(41)33-18(29(43)44)11-22(39)47-20-6-7-32(49-23(40)12-19(30(45)46)34-28(42)15(2)38)21-10-16-4-5-17(13-36)25-24(16)31(32,26(20)48-25)8-9-35(21)3/h4-6,14-15,18-19,21,26,36-38H,7-13H2,1-3H3,(H,33,41)(H,34,42)(H,43,44)(H,45,46)/t14-,15-,18-,19-,21+,26?,31?,32+/m0/s1. The van der Waals surface area contributed by atoms with Crippen molar-refractivity contribution in [1.82, 2.24) is 15.5 Å². The van der Waals surface area contributed by atoms with Crippen molar-refractivity contribution < 1.29 is 68.5 Å². The Morgan fingerprint density at radius 2 is 1.57 bits per heavy atom. The molecule has 0 aromatic heterocycles. The van der Waals surface area contributed by atoms with Crippen LogP contribution in [-0.2, 0) is 56.7 Å². The quantitative estimate of drug-likeness (QED) is 0.113. The molecule has 7 N–H and O–H groups in total. The van der Waals surface area contributed by atoms with E-state index in [2.05, 4.69) is 10.6 Å². The lowest BCUT2D eigenvalue weighted by atomic mass is 9.50. The number of carbonyl (C=O) groups is 6. The Hall–Kier alpha value is -4.58. The first-order valence-corrected chi connectivity index (χ1v) is 15.7. The Labute approximate surface area is 279 Å². The van der Waals surface area contributed by atoms with E-state index in [9.17, 15) is 54.3 Å². The third-order valence-corrected chi connectivity index (χ3v) is 9.85. The third kappa shape index (κ3) is 6.11. The number of hydrogen-bond donors (Lipinski definition) is 7. The molecule has 0 radical (unpaired) electrons. The summed E-state index contributed by atoms with van der Waals surface area (Å²) in [4.78, 5) is 76.7. The maximum atomic E-state index is 13.7. The fraction of sp³-hybridized carbons (Fsp3) is 0.562. The molecule has 2 aliphatic carbocycles. The number of carbonyl (C=O) groups excluding carboxylic acids is 4. The second kappa shape index (κ2) is 13.4.